The van der Waals surface area contributed by atoms with Gasteiger partial charge in [-0.2, -0.15) is 0 Å². The lowest BCUT2D eigenvalue weighted by Gasteiger charge is -2.18. The van der Waals surface area contributed by atoms with Crippen LogP contribution in [0.3, 0.4) is 0 Å². The van der Waals surface area contributed by atoms with E-state index in [9.17, 15) is 0 Å². The summed E-state index contributed by atoms with van der Waals surface area (Å²) in [5.41, 5.74) is 8.97. The molecule has 0 unspecified atom stereocenters. The molecule has 2 heterocycles. The Labute approximate surface area is 111 Å². The summed E-state index contributed by atoms with van der Waals surface area (Å²) in [6.07, 6.45) is 0.879. The minimum Gasteiger partial charge on any atom is -0.496 e. The lowest BCUT2D eigenvalue weighted by Crippen LogP contribution is -2.26. The van der Waals surface area contributed by atoms with Crippen molar-refractivity contribution in [3.63, 3.8) is 0 Å². The number of hydrogen-bond donors (Lipinski definition) is 2. The van der Waals surface area contributed by atoms with Gasteiger partial charge in [0, 0.05) is 25.1 Å². The third-order valence-corrected chi connectivity index (χ3v) is 3.31. The van der Waals surface area contributed by atoms with E-state index in [1.807, 2.05) is 24.3 Å². The Kier molecular flexibility index (Phi) is 3.05. The molecule has 0 aliphatic carbocycles. The summed E-state index contributed by atoms with van der Waals surface area (Å²) in [5.74, 6) is 1.95. The first-order valence-corrected chi connectivity index (χ1v) is 6.29. The van der Waals surface area contributed by atoms with Crippen LogP contribution in [-0.2, 0) is 13.0 Å². The Morgan fingerprint density at radius 1 is 1.26 bits per heavy atom. The Hall–Kier alpha value is -2.14. The minimum absolute atomic E-state index is 0.554. The van der Waals surface area contributed by atoms with Crippen LogP contribution in [0.15, 0.2) is 24.3 Å². The Morgan fingerprint density at radius 2 is 2.11 bits per heavy atom. The number of rotatable bonds is 2. The summed E-state index contributed by atoms with van der Waals surface area (Å²) in [6.45, 7) is 1.67. The summed E-state index contributed by atoms with van der Waals surface area (Å²) >= 11 is 0. The van der Waals surface area contributed by atoms with Gasteiger partial charge in [-0.1, -0.05) is 12.1 Å². The van der Waals surface area contributed by atoms with Gasteiger partial charge in [-0.3, -0.25) is 0 Å². The highest BCUT2D eigenvalue weighted by atomic mass is 16.5. The average Bonchev–Trinajstić information content (AvgIpc) is 2.47. The van der Waals surface area contributed by atoms with Gasteiger partial charge in [0.1, 0.15) is 11.6 Å². The maximum absolute atomic E-state index is 6.04. The maximum Gasteiger partial charge on any atom is 0.165 e. The molecule has 0 saturated heterocycles. The first kappa shape index (κ1) is 11.9. The van der Waals surface area contributed by atoms with Crippen molar-refractivity contribution >= 4 is 5.82 Å². The monoisotopic (exact) mass is 256 g/mol. The van der Waals surface area contributed by atoms with E-state index in [0.717, 1.165) is 42.1 Å². The number of nitrogens with zero attached hydrogens (tertiary/aromatic N) is 2. The molecule has 0 spiro atoms. The zero-order chi connectivity index (χ0) is 13.2. The smallest absolute Gasteiger partial charge is 0.165 e. The molecular weight excluding hydrogens is 240 g/mol. The zero-order valence-corrected chi connectivity index (χ0v) is 10.8. The van der Waals surface area contributed by atoms with Gasteiger partial charge >= 0.3 is 0 Å². The van der Waals surface area contributed by atoms with E-state index in [1.54, 1.807) is 7.11 Å². The summed E-state index contributed by atoms with van der Waals surface area (Å²) in [4.78, 5) is 9.05. The second-order valence-electron chi connectivity index (χ2n) is 4.48. The lowest BCUT2D eigenvalue weighted by atomic mass is 10.1. The van der Waals surface area contributed by atoms with Crippen LogP contribution >= 0.6 is 0 Å². The third kappa shape index (κ3) is 2.13. The van der Waals surface area contributed by atoms with Crippen molar-refractivity contribution in [3.05, 3.63) is 35.5 Å². The van der Waals surface area contributed by atoms with E-state index in [1.165, 1.54) is 0 Å². The molecule has 0 radical (unpaired) electrons. The number of para-hydroxylation sites is 1. The number of ether oxygens (including phenoxy) is 1. The number of fused-ring (bicyclic) bond motifs is 1. The van der Waals surface area contributed by atoms with Crippen LogP contribution in [0.4, 0.5) is 5.82 Å². The van der Waals surface area contributed by atoms with E-state index in [2.05, 4.69) is 15.3 Å². The molecule has 0 atom stereocenters. The fraction of sp³-hybridized carbons (Fsp3) is 0.286. The Bertz CT molecular complexity index is 612. The standard InChI is InChI=1S/C14H16N4O/c1-19-12-5-3-2-4-9(12)14-17-11-6-7-16-8-10(11)13(15)18-14/h2-5,16H,6-8H2,1H3,(H2,15,17,18). The van der Waals surface area contributed by atoms with Gasteiger partial charge in [0.25, 0.3) is 0 Å². The summed E-state index contributed by atoms with van der Waals surface area (Å²) in [7, 11) is 1.64. The normalized spacial score (nSPS) is 13.9. The van der Waals surface area contributed by atoms with Crippen LogP contribution in [0, 0.1) is 0 Å². The number of aromatic nitrogens is 2. The molecule has 1 aliphatic rings. The molecule has 3 rings (SSSR count). The SMILES string of the molecule is COc1ccccc1-c1nc(N)c2c(n1)CCNC2. The number of hydrogen-bond acceptors (Lipinski definition) is 5. The molecule has 3 N–H and O–H groups in total. The van der Waals surface area contributed by atoms with Crippen LogP contribution in [0.25, 0.3) is 11.4 Å². The molecule has 1 aromatic heterocycles. The number of nitrogens with two attached hydrogens (primary N) is 1. The van der Waals surface area contributed by atoms with Crippen LogP contribution < -0.4 is 15.8 Å². The van der Waals surface area contributed by atoms with Gasteiger partial charge in [0.15, 0.2) is 5.82 Å². The zero-order valence-electron chi connectivity index (χ0n) is 10.8. The molecule has 2 aromatic rings. The minimum atomic E-state index is 0.554. The first-order chi connectivity index (χ1) is 9.29. The highest BCUT2D eigenvalue weighted by Crippen LogP contribution is 2.29. The van der Waals surface area contributed by atoms with Gasteiger partial charge in [-0.25, -0.2) is 9.97 Å². The highest BCUT2D eigenvalue weighted by Gasteiger charge is 2.17. The molecule has 0 saturated carbocycles. The van der Waals surface area contributed by atoms with E-state index in [-0.39, 0.29) is 0 Å². The van der Waals surface area contributed by atoms with Crippen LogP contribution in [-0.4, -0.2) is 23.6 Å². The van der Waals surface area contributed by atoms with E-state index < -0.39 is 0 Å². The average molecular weight is 256 g/mol. The maximum atomic E-state index is 6.04. The van der Waals surface area contributed by atoms with Gasteiger partial charge in [0.05, 0.1) is 18.4 Å². The molecule has 1 aromatic carbocycles. The van der Waals surface area contributed by atoms with E-state index in [0.29, 0.717) is 11.6 Å². The largest absolute Gasteiger partial charge is 0.496 e. The summed E-state index contributed by atoms with van der Waals surface area (Å²) in [5, 5.41) is 3.28. The number of benzene rings is 1. The van der Waals surface area contributed by atoms with Crippen molar-refractivity contribution in [1.29, 1.82) is 0 Å². The van der Waals surface area contributed by atoms with Gasteiger partial charge in [0.2, 0.25) is 0 Å². The number of methoxy groups -OCH3 is 1. The molecule has 1 aliphatic heterocycles. The fourth-order valence-corrected chi connectivity index (χ4v) is 2.32. The highest BCUT2D eigenvalue weighted by molar-refractivity contribution is 5.66. The van der Waals surface area contributed by atoms with Crippen LogP contribution in [0.2, 0.25) is 0 Å². The first-order valence-electron chi connectivity index (χ1n) is 6.29. The molecule has 5 nitrogen and oxygen atoms in total. The topological polar surface area (TPSA) is 73.1 Å². The van der Waals surface area contributed by atoms with E-state index >= 15 is 0 Å². The number of anilines is 1. The summed E-state index contributed by atoms with van der Waals surface area (Å²) < 4.78 is 5.35. The number of nitrogen functional groups attached to an aromatic ring is 1. The summed E-state index contributed by atoms with van der Waals surface area (Å²) in [6, 6.07) is 7.71. The van der Waals surface area contributed by atoms with E-state index in [4.69, 9.17) is 10.5 Å². The van der Waals surface area contributed by atoms with Crippen LogP contribution in [0.5, 0.6) is 5.75 Å². The molecule has 0 fully saturated rings. The predicted molar refractivity (Wildman–Crippen MR) is 73.8 cm³/mol. The second kappa shape index (κ2) is 4.85. The molecule has 0 bridgehead atoms. The predicted octanol–water partition coefficient (Wildman–Crippen LogP) is 1.38. The van der Waals surface area contributed by atoms with Crippen molar-refractivity contribution in [2.24, 2.45) is 0 Å². The second-order valence-corrected chi connectivity index (χ2v) is 4.48. The molecule has 19 heavy (non-hydrogen) atoms. The van der Waals surface area contributed by atoms with Crippen molar-refractivity contribution in [1.82, 2.24) is 15.3 Å². The Balaban J connectivity index is 2.13. The van der Waals surface area contributed by atoms with Crippen molar-refractivity contribution in [2.75, 3.05) is 19.4 Å². The van der Waals surface area contributed by atoms with Gasteiger partial charge in [-0.15, -0.1) is 0 Å². The van der Waals surface area contributed by atoms with Crippen molar-refractivity contribution in [2.45, 2.75) is 13.0 Å². The Morgan fingerprint density at radius 3 is 2.95 bits per heavy atom. The molecular formula is C14H16N4O. The molecule has 98 valence electrons. The van der Waals surface area contributed by atoms with Crippen molar-refractivity contribution < 1.29 is 4.74 Å². The molecule has 0 amide bonds. The molecule has 5 heteroatoms. The van der Waals surface area contributed by atoms with Gasteiger partial charge in [-0.05, 0) is 12.1 Å². The lowest BCUT2D eigenvalue weighted by molar-refractivity contribution is 0.416. The van der Waals surface area contributed by atoms with Crippen LogP contribution in [0.1, 0.15) is 11.3 Å². The fourth-order valence-electron chi connectivity index (χ4n) is 2.32. The quantitative estimate of drug-likeness (QED) is 0.849. The third-order valence-electron chi connectivity index (χ3n) is 3.31. The number of nitrogens with one attached hydrogen (secondary N) is 1. The van der Waals surface area contributed by atoms with Gasteiger partial charge < -0.3 is 15.8 Å². The van der Waals surface area contributed by atoms with Crippen molar-refractivity contribution in [3.8, 4) is 17.1 Å².